The van der Waals surface area contributed by atoms with E-state index in [1.54, 1.807) is 4.90 Å². The molecule has 6 nitrogen and oxygen atoms in total. The predicted octanol–water partition coefficient (Wildman–Crippen LogP) is 4.33. The summed E-state index contributed by atoms with van der Waals surface area (Å²) in [5.74, 6) is -0.241. The minimum atomic E-state index is -0.255. The number of piperidine rings is 1. The fraction of sp³-hybridized carbons (Fsp3) is 0.333. The van der Waals surface area contributed by atoms with Gasteiger partial charge in [-0.1, -0.05) is 42.5 Å². The first kappa shape index (κ1) is 20.0. The van der Waals surface area contributed by atoms with Gasteiger partial charge in [-0.05, 0) is 41.5 Å². The van der Waals surface area contributed by atoms with Crippen LogP contribution in [0.4, 0.5) is 4.79 Å². The van der Waals surface area contributed by atoms with E-state index in [0.717, 1.165) is 34.9 Å². The van der Waals surface area contributed by atoms with E-state index >= 15 is 0 Å². The maximum Gasteiger partial charge on any atom is 0.410 e. The van der Waals surface area contributed by atoms with E-state index in [0.29, 0.717) is 25.7 Å². The number of ether oxygens (including phenoxy) is 2. The van der Waals surface area contributed by atoms with Crippen molar-refractivity contribution in [3.05, 3.63) is 71.9 Å². The van der Waals surface area contributed by atoms with Crippen molar-refractivity contribution in [1.29, 1.82) is 0 Å². The molecule has 1 amide bonds. The first-order chi connectivity index (χ1) is 14.6. The van der Waals surface area contributed by atoms with Crippen LogP contribution in [0.2, 0.25) is 0 Å². The molecule has 1 aliphatic rings. The summed E-state index contributed by atoms with van der Waals surface area (Å²) in [6, 6.07) is 18.2. The number of methoxy groups -OCH3 is 1. The highest BCUT2D eigenvalue weighted by atomic mass is 16.6. The van der Waals surface area contributed by atoms with Gasteiger partial charge in [0.2, 0.25) is 0 Å². The maximum absolute atomic E-state index is 12.4. The fourth-order valence-corrected chi connectivity index (χ4v) is 4.00. The van der Waals surface area contributed by atoms with Gasteiger partial charge in [-0.3, -0.25) is 4.79 Å². The van der Waals surface area contributed by atoms with Gasteiger partial charge in [0.25, 0.3) is 0 Å². The number of hydrogen-bond donors (Lipinski definition) is 0. The third-order valence-electron chi connectivity index (χ3n) is 5.69. The highest BCUT2D eigenvalue weighted by molar-refractivity contribution is 5.82. The Morgan fingerprint density at radius 3 is 2.50 bits per heavy atom. The minimum absolute atomic E-state index is 0.241. The minimum Gasteiger partial charge on any atom is -0.469 e. The van der Waals surface area contributed by atoms with Gasteiger partial charge < -0.3 is 18.9 Å². The Hall–Kier alpha value is -3.28. The third-order valence-corrected chi connectivity index (χ3v) is 5.69. The van der Waals surface area contributed by atoms with Crippen molar-refractivity contribution in [3.63, 3.8) is 0 Å². The summed E-state index contributed by atoms with van der Waals surface area (Å²) in [5, 5.41) is 1.15. The zero-order valence-corrected chi connectivity index (χ0v) is 17.1. The molecule has 1 saturated heterocycles. The summed E-state index contributed by atoms with van der Waals surface area (Å²) in [4.78, 5) is 25.8. The van der Waals surface area contributed by atoms with Gasteiger partial charge in [-0.15, -0.1) is 0 Å². The number of carbonyl (C=O) groups is 2. The lowest BCUT2D eigenvalue weighted by Gasteiger charge is -2.32. The number of amides is 1. The Morgan fingerprint density at radius 1 is 1.00 bits per heavy atom. The predicted molar refractivity (Wildman–Crippen MR) is 114 cm³/mol. The number of fused-ring (bicyclic) bond motifs is 1. The van der Waals surface area contributed by atoms with Crippen LogP contribution >= 0.6 is 0 Å². The van der Waals surface area contributed by atoms with E-state index in [4.69, 9.17) is 9.47 Å². The number of likely N-dealkylation sites (tertiary alicyclic amines) is 1. The van der Waals surface area contributed by atoms with Crippen molar-refractivity contribution in [2.45, 2.75) is 31.9 Å². The molecule has 0 spiro atoms. The van der Waals surface area contributed by atoms with Crippen molar-refractivity contribution < 1.29 is 19.1 Å². The first-order valence-corrected chi connectivity index (χ1v) is 10.3. The molecule has 0 unspecified atom stereocenters. The lowest BCUT2D eigenvalue weighted by atomic mass is 10.0. The second-order valence-electron chi connectivity index (χ2n) is 7.63. The van der Waals surface area contributed by atoms with E-state index in [2.05, 4.69) is 22.9 Å². The van der Waals surface area contributed by atoms with Gasteiger partial charge in [0.05, 0.1) is 13.5 Å². The highest BCUT2D eigenvalue weighted by Crippen LogP contribution is 2.29. The lowest BCUT2D eigenvalue weighted by molar-refractivity contribution is -0.139. The van der Waals surface area contributed by atoms with Crippen LogP contribution < -0.4 is 0 Å². The largest absolute Gasteiger partial charge is 0.469 e. The number of hydrogen-bond acceptors (Lipinski definition) is 4. The van der Waals surface area contributed by atoms with E-state index in [-0.39, 0.29) is 18.5 Å². The van der Waals surface area contributed by atoms with E-state index in [9.17, 15) is 9.59 Å². The third kappa shape index (κ3) is 4.48. The number of esters is 1. The highest BCUT2D eigenvalue weighted by Gasteiger charge is 2.25. The van der Waals surface area contributed by atoms with E-state index in [1.165, 1.54) is 7.11 Å². The van der Waals surface area contributed by atoms with Gasteiger partial charge in [0, 0.05) is 30.8 Å². The summed E-state index contributed by atoms with van der Waals surface area (Å²) in [6.45, 7) is 1.63. The zero-order valence-electron chi connectivity index (χ0n) is 17.1. The van der Waals surface area contributed by atoms with Crippen molar-refractivity contribution in [3.8, 4) is 0 Å². The number of aromatic nitrogens is 1. The molecule has 0 saturated carbocycles. The molecule has 0 bridgehead atoms. The Balaban J connectivity index is 1.37. The molecular weight excluding hydrogens is 380 g/mol. The molecule has 1 aliphatic heterocycles. The topological polar surface area (TPSA) is 60.8 Å². The van der Waals surface area contributed by atoms with Crippen LogP contribution in [0.5, 0.6) is 0 Å². The van der Waals surface area contributed by atoms with Gasteiger partial charge >= 0.3 is 12.1 Å². The van der Waals surface area contributed by atoms with Crippen molar-refractivity contribution in [2.24, 2.45) is 0 Å². The molecule has 2 heterocycles. The second-order valence-corrected chi connectivity index (χ2v) is 7.63. The molecule has 6 heteroatoms. The second kappa shape index (κ2) is 9.03. The molecule has 2 aromatic carbocycles. The maximum atomic E-state index is 12.4. The Kier molecular flexibility index (Phi) is 6.02. The van der Waals surface area contributed by atoms with Gasteiger partial charge in [-0.25, -0.2) is 4.79 Å². The average Bonchev–Trinajstić information content (AvgIpc) is 3.21. The molecule has 30 heavy (non-hydrogen) atoms. The zero-order chi connectivity index (χ0) is 20.9. The molecule has 0 aliphatic carbocycles. The van der Waals surface area contributed by atoms with Crippen LogP contribution in [0.3, 0.4) is 0 Å². The van der Waals surface area contributed by atoms with Crippen LogP contribution in [0, 0.1) is 0 Å². The summed E-state index contributed by atoms with van der Waals surface area (Å²) >= 11 is 0. The van der Waals surface area contributed by atoms with Crippen LogP contribution in [0.1, 0.15) is 30.0 Å². The molecule has 1 fully saturated rings. The molecular formula is C24H26N2O4. The standard InChI is InChI=1S/C24H26N2O4/c1-29-23(27)16-19-7-8-20-9-14-26(22(20)15-19)21-10-12-25(13-11-21)24(28)30-17-18-5-3-2-4-6-18/h2-9,14-15,21H,10-13,16-17H2,1H3. The van der Waals surface area contributed by atoms with Crippen LogP contribution in [0.15, 0.2) is 60.8 Å². The first-order valence-electron chi connectivity index (χ1n) is 10.3. The normalized spacial score (nSPS) is 14.6. The number of benzene rings is 2. The van der Waals surface area contributed by atoms with Crippen LogP contribution in [-0.4, -0.2) is 41.7 Å². The van der Waals surface area contributed by atoms with Gasteiger partial charge in [0.15, 0.2) is 0 Å². The quantitative estimate of drug-likeness (QED) is 0.592. The van der Waals surface area contributed by atoms with Crippen LogP contribution in [-0.2, 0) is 27.3 Å². The summed E-state index contributed by atoms with van der Waals surface area (Å²) < 4.78 is 12.5. The fourth-order valence-electron chi connectivity index (χ4n) is 4.00. The van der Waals surface area contributed by atoms with E-state index in [1.807, 2.05) is 42.5 Å². The average molecular weight is 406 g/mol. The smallest absolute Gasteiger partial charge is 0.410 e. The number of rotatable bonds is 5. The molecule has 0 N–H and O–H groups in total. The SMILES string of the molecule is COC(=O)Cc1ccc2ccn(C3CCN(C(=O)OCc4ccccc4)CC3)c2c1. The monoisotopic (exact) mass is 406 g/mol. The van der Waals surface area contributed by atoms with Crippen molar-refractivity contribution in [1.82, 2.24) is 9.47 Å². The molecule has 4 rings (SSSR count). The van der Waals surface area contributed by atoms with E-state index < -0.39 is 0 Å². The Labute approximate surface area is 176 Å². The lowest BCUT2D eigenvalue weighted by Crippen LogP contribution is -2.39. The number of nitrogens with zero attached hydrogens (tertiary/aromatic N) is 2. The van der Waals surface area contributed by atoms with Crippen LogP contribution in [0.25, 0.3) is 10.9 Å². The molecule has 3 aromatic rings. The summed E-state index contributed by atoms with van der Waals surface area (Å²) in [6.07, 6.45) is 3.84. The van der Waals surface area contributed by atoms with Gasteiger partial charge in [-0.2, -0.15) is 0 Å². The molecule has 0 radical (unpaired) electrons. The van der Waals surface area contributed by atoms with Crippen molar-refractivity contribution in [2.75, 3.05) is 20.2 Å². The molecule has 156 valence electrons. The summed E-state index contributed by atoms with van der Waals surface area (Å²) in [5.41, 5.74) is 3.04. The summed E-state index contributed by atoms with van der Waals surface area (Å²) in [7, 11) is 1.40. The van der Waals surface area contributed by atoms with Gasteiger partial charge in [0.1, 0.15) is 6.61 Å². The Morgan fingerprint density at radius 2 is 1.77 bits per heavy atom. The molecule has 0 atom stereocenters. The molecule has 1 aromatic heterocycles. The number of carbonyl (C=O) groups excluding carboxylic acids is 2. The van der Waals surface area contributed by atoms with Crippen molar-refractivity contribution >= 4 is 23.0 Å². The Bertz CT molecular complexity index is 1020.